The van der Waals surface area contributed by atoms with Crippen LogP contribution in [0.3, 0.4) is 0 Å². The van der Waals surface area contributed by atoms with E-state index in [1.165, 1.54) is 6.07 Å². The lowest BCUT2D eigenvalue weighted by Gasteiger charge is -2.24. The van der Waals surface area contributed by atoms with Gasteiger partial charge in [-0.3, -0.25) is 4.90 Å². The number of aliphatic hydroxyl groups excluding tert-OH is 1. The second-order valence-electron chi connectivity index (χ2n) is 6.99. The fourth-order valence-electron chi connectivity index (χ4n) is 3.73. The van der Waals surface area contributed by atoms with E-state index in [2.05, 4.69) is 9.97 Å². The van der Waals surface area contributed by atoms with Gasteiger partial charge in [-0.2, -0.15) is 4.98 Å². The van der Waals surface area contributed by atoms with Crippen molar-refractivity contribution in [3.63, 3.8) is 0 Å². The number of hydrogen-bond acceptors (Lipinski definition) is 6. The first-order chi connectivity index (χ1) is 12.8. The number of furan rings is 1. The Morgan fingerprint density at radius 3 is 2.85 bits per heavy atom. The Labute approximate surface area is 154 Å². The quantitative estimate of drug-likeness (QED) is 0.733. The molecule has 1 fully saturated rings. The van der Waals surface area contributed by atoms with Crippen molar-refractivity contribution in [3.8, 4) is 0 Å². The number of nitrogen functional groups attached to an aromatic ring is 1. The van der Waals surface area contributed by atoms with Crippen molar-refractivity contribution < 1.29 is 18.3 Å². The Kier molecular flexibility index (Phi) is 4.32. The number of hydrogen-bond donors (Lipinski definition) is 2. The third-order valence-corrected chi connectivity index (χ3v) is 5.15. The number of anilines is 1. The zero-order valence-electron chi connectivity index (χ0n) is 15.0. The third-order valence-electron chi connectivity index (χ3n) is 5.15. The maximum atomic E-state index is 14.2. The number of fused-ring (bicyclic) bond motifs is 1. The van der Waals surface area contributed by atoms with Gasteiger partial charge in [-0.15, -0.1) is 0 Å². The van der Waals surface area contributed by atoms with Gasteiger partial charge in [0.1, 0.15) is 29.0 Å². The molecule has 3 N–H and O–H groups in total. The second-order valence-corrected chi connectivity index (χ2v) is 6.99. The standard InChI is InChI=1S/C19H20F2N4O2/c1-9-10(2)27-19-17(9)18(22)23-16(24-19)8-25-7-12(26)6-15(25)13-5-11(20)3-4-14(13)21/h3-5,12,15,26H,6-8H2,1-2H3,(H2,22,23,24)/t12-,15-/m0/s1. The summed E-state index contributed by atoms with van der Waals surface area (Å²) in [7, 11) is 0. The van der Waals surface area contributed by atoms with E-state index in [0.717, 1.165) is 23.5 Å². The molecule has 3 heterocycles. The first-order valence-electron chi connectivity index (χ1n) is 8.72. The summed E-state index contributed by atoms with van der Waals surface area (Å²) in [6.45, 7) is 4.25. The predicted octanol–water partition coefficient (Wildman–Crippen LogP) is 3.01. The molecule has 142 valence electrons. The van der Waals surface area contributed by atoms with Gasteiger partial charge in [0.15, 0.2) is 0 Å². The lowest BCUT2D eigenvalue weighted by molar-refractivity contribution is 0.171. The zero-order chi connectivity index (χ0) is 19.3. The molecule has 1 aliphatic rings. The molecule has 0 saturated carbocycles. The van der Waals surface area contributed by atoms with Gasteiger partial charge < -0.3 is 15.3 Å². The predicted molar refractivity (Wildman–Crippen MR) is 95.8 cm³/mol. The summed E-state index contributed by atoms with van der Waals surface area (Å²) in [6.07, 6.45) is -0.344. The number of benzene rings is 1. The molecule has 2 atom stereocenters. The number of halogens is 2. The molecule has 8 heteroatoms. The van der Waals surface area contributed by atoms with E-state index in [9.17, 15) is 13.9 Å². The number of rotatable bonds is 3. The van der Waals surface area contributed by atoms with Crippen LogP contribution in [0.2, 0.25) is 0 Å². The van der Waals surface area contributed by atoms with Crippen molar-refractivity contribution in [1.29, 1.82) is 0 Å². The summed E-state index contributed by atoms with van der Waals surface area (Å²) in [5.41, 5.74) is 7.58. The highest BCUT2D eigenvalue weighted by Gasteiger charge is 2.34. The van der Waals surface area contributed by atoms with Crippen LogP contribution in [-0.2, 0) is 6.54 Å². The smallest absolute Gasteiger partial charge is 0.231 e. The minimum Gasteiger partial charge on any atom is -0.443 e. The first-order valence-corrected chi connectivity index (χ1v) is 8.72. The van der Waals surface area contributed by atoms with Crippen LogP contribution in [0, 0.1) is 25.5 Å². The van der Waals surface area contributed by atoms with Crippen LogP contribution in [0.5, 0.6) is 0 Å². The van der Waals surface area contributed by atoms with Gasteiger partial charge in [-0.25, -0.2) is 13.8 Å². The van der Waals surface area contributed by atoms with E-state index < -0.39 is 23.8 Å². The average molecular weight is 374 g/mol. The molecule has 27 heavy (non-hydrogen) atoms. The van der Waals surface area contributed by atoms with Crippen LogP contribution >= 0.6 is 0 Å². The highest BCUT2D eigenvalue weighted by Crippen LogP contribution is 2.35. The van der Waals surface area contributed by atoms with Crippen LogP contribution in [0.1, 0.15) is 35.2 Å². The summed E-state index contributed by atoms with van der Waals surface area (Å²) in [6, 6.07) is 2.87. The van der Waals surface area contributed by atoms with E-state index >= 15 is 0 Å². The lowest BCUT2D eigenvalue weighted by Crippen LogP contribution is -2.26. The summed E-state index contributed by atoms with van der Waals surface area (Å²) in [5.74, 6) is 0.423. The van der Waals surface area contributed by atoms with E-state index in [0.29, 0.717) is 35.7 Å². The molecule has 0 radical (unpaired) electrons. The van der Waals surface area contributed by atoms with Crippen LogP contribution in [-0.4, -0.2) is 32.6 Å². The van der Waals surface area contributed by atoms with Crippen molar-refractivity contribution in [2.75, 3.05) is 12.3 Å². The van der Waals surface area contributed by atoms with Crippen molar-refractivity contribution >= 4 is 16.9 Å². The fourth-order valence-corrected chi connectivity index (χ4v) is 3.73. The van der Waals surface area contributed by atoms with Gasteiger partial charge in [0.2, 0.25) is 5.71 Å². The van der Waals surface area contributed by atoms with Crippen molar-refractivity contribution in [2.45, 2.75) is 39.0 Å². The molecule has 0 amide bonds. The van der Waals surface area contributed by atoms with Gasteiger partial charge in [-0.1, -0.05) is 0 Å². The van der Waals surface area contributed by atoms with E-state index in [4.69, 9.17) is 10.2 Å². The maximum Gasteiger partial charge on any atom is 0.231 e. The van der Waals surface area contributed by atoms with Gasteiger partial charge in [-0.05, 0) is 38.5 Å². The third kappa shape index (κ3) is 3.15. The monoisotopic (exact) mass is 374 g/mol. The van der Waals surface area contributed by atoms with Crippen LogP contribution < -0.4 is 5.73 Å². The van der Waals surface area contributed by atoms with Gasteiger partial charge >= 0.3 is 0 Å². The van der Waals surface area contributed by atoms with Gasteiger partial charge in [0, 0.05) is 23.7 Å². The number of aromatic nitrogens is 2. The van der Waals surface area contributed by atoms with Crippen LogP contribution in [0.15, 0.2) is 22.6 Å². The van der Waals surface area contributed by atoms with Crippen molar-refractivity contribution in [1.82, 2.24) is 14.9 Å². The Balaban J connectivity index is 1.68. The molecular formula is C19H20F2N4O2. The van der Waals surface area contributed by atoms with Crippen LogP contribution in [0.25, 0.3) is 11.1 Å². The normalized spacial score (nSPS) is 20.6. The summed E-state index contributed by atoms with van der Waals surface area (Å²) in [4.78, 5) is 10.6. The molecule has 3 aromatic rings. The number of β-amino-alcohol motifs (C(OH)–C–C–N with tert-alkyl or cyclic N) is 1. The van der Waals surface area contributed by atoms with Crippen molar-refractivity contribution in [2.24, 2.45) is 0 Å². The summed E-state index contributed by atoms with van der Waals surface area (Å²) >= 11 is 0. The van der Waals surface area contributed by atoms with E-state index in [1.807, 2.05) is 18.7 Å². The molecule has 0 aliphatic carbocycles. The Morgan fingerprint density at radius 1 is 1.30 bits per heavy atom. The fraction of sp³-hybridized carbons (Fsp3) is 0.368. The lowest BCUT2D eigenvalue weighted by atomic mass is 10.0. The topological polar surface area (TPSA) is 88.4 Å². The number of nitrogens with two attached hydrogens (primary N) is 1. The minimum atomic E-state index is -0.646. The Bertz CT molecular complexity index is 1020. The molecular weight excluding hydrogens is 354 g/mol. The molecule has 0 unspecified atom stereocenters. The SMILES string of the molecule is Cc1oc2nc(CN3C[C@@H](O)C[C@H]3c3cc(F)ccc3F)nc(N)c2c1C. The molecule has 1 saturated heterocycles. The molecule has 0 spiro atoms. The van der Waals surface area contributed by atoms with Crippen LogP contribution in [0.4, 0.5) is 14.6 Å². The molecule has 1 aromatic carbocycles. The average Bonchev–Trinajstić information content (AvgIpc) is 3.09. The Hall–Kier alpha value is -2.58. The zero-order valence-corrected chi connectivity index (χ0v) is 15.0. The highest BCUT2D eigenvalue weighted by atomic mass is 19.1. The molecule has 4 rings (SSSR count). The molecule has 6 nitrogen and oxygen atoms in total. The van der Waals surface area contributed by atoms with Gasteiger partial charge in [0.05, 0.1) is 18.0 Å². The molecule has 2 aromatic heterocycles. The maximum absolute atomic E-state index is 14.2. The number of nitrogens with zero attached hydrogens (tertiary/aromatic N) is 3. The number of aryl methyl sites for hydroxylation is 2. The van der Waals surface area contributed by atoms with E-state index in [1.54, 1.807) is 0 Å². The first kappa shape index (κ1) is 17.8. The summed E-state index contributed by atoms with van der Waals surface area (Å²) < 4.78 is 33.5. The van der Waals surface area contributed by atoms with Crippen molar-refractivity contribution in [3.05, 3.63) is 52.5 Å². The molecule has 1 aliphatic heterocycles. The van der Waals surface area contributed by atoms with Gasteiger partial charge in [0.25, 0.3) is 0 Å². The summed E-state index contributed by atoms with van der Waals surface area (Å²) in [5, 5.41) is 10.8. The highest BCUT2D eigenvalue weighted by molar-refractivity contribution is 5.88. The van der Waals surface area contributed by atoms with E-state index in [-0.39, 0.29) is 12.1 Å². The number of aliphatic hydroxyl groups is 1. The largest absolute Gasteiger partial charge is 0.443 e. The second kappa shape index (κ2) is 6.54. The number of likely N-dealkylation sites (tertiary alicyclic amines) is 1. The Morgan fingerprint density at radius 2 is 2.07 bits per heavy atom. The minimum absolute atomic E-state index is 0.213. The molecule has 0 bridgehead atoms.